The van der Waals surface area contributed by atoms with Crippen LogP contribution in [0.15, 0.2) is 18.2 Å². The van der Waals surface area contributed by atoms with Crippen molar-refractivity contribution in [2.75, 3.05) is 13.6 Å². The quantitative estimate of drug-likeness (QED) is 0.857. The maximum atomic E-state index is 9.91. The molecule has 3 nitrogen and oxygen atoms in total. The van der Waals surface area contributed by atoms with E-state index in [-0.39, 0.29) is 11.9 Å². The van der Waals surface area contributed by atoms with Crippen LogP contribution in [0.5, 0.6) is 11.5 Å². The Morgan fingerprint density at radius 1 is 1.42 bits per heavy atom. The first-order valence-corrected chi connectivity index (χ1v) is 7.13. The van der Waals surface area contributed by atoms with E-state index in [2.05, 4.69) is 19.2 Å². The van der Waals surface area contributed by atoms with Crippen molar-refractivity contribution in [1.29, 1.82) is 0 Å². The zero-order valence-corrected chi connectivity index (χ0v) is 12.2. The average Bonchev–Trinajstić information content (AvgIpc) is 2.70. The van der Waals surface area contributed by atoms with Crippen LogP contribution in [0, 0.1) is 5.41 Å². The van der Waals surface area contributed by atoms with E-state index >= 15 is 0 Å². The van der Waals surface area contributed by atoms with Crippen molar-refractivity contribution >= 4 is 0 Å². The second-order valence-corrected chi connectivity index (χ2v) is 6.30. The van der Waals surface area contributed by atoms with E-state index < -0.39 is 0 Å². The number of ether oxygens (including phenoxy) is 1. The van der Waals surface area contributed by atoms with Gasteiger partial charge in [-0.3, -0.25) is 0 Å². The maximum absolute atomic E-state index is 9.91. The molecule has 0 aromatic heterocycles. The Labute approximate surface area is 116 Å². The zero-order valence-electron chi connectivity index (χ0n) is 12.2. The van der Waals surface area contributed by atoms with Gasteiger partial charge in [0.15, 0.2) is 11.5 Å². The summed E-state index contributed by atoms with van der Waals surface area (Å²) in [5.41, 5.74) is 1.56. The molecule has 0 radical (unpaired) electrons. The lowest BCUT2D eigenvalue weighted by Crippen LogP contribution is -2.15. The van der Waals surface area contributed by atoms with Crippen molar-refractivity contribution in [3.8, 4) is 11.5 Å². The van der Waals surface area contributed by atoms with Crippen molar-refractivity contribution in [3.63, 3.8) is 0 Å². The van der Waals surface area contributed by atoms with Gasteiger partial charge in [-0.15, -0.1) is 0 Å². The highest BCUT2D eigenvalue weighted by molar-refractivity contribution is 5.42. The molecule has 0 spiro atoms. The molecule has 0 aliphatic heterocycles. The fraction of sp³-hybridized carbons (Fsp3) is 0.625. The predicted molar refractivity (Wildman–Crippen MR) is 77.8 cm³/mol. The van der Waals surface area contributed by atoms with Crippen LogP contribution in [0.3, 0.4) is 0 Å². The molecule has 106 valence electrons. The standard InChI is InChI=1S/C16H25NO2/c1-16(2)8-6-13(11-16)19-15-10-12(7-9-17-3)4-5-14(15)18/h4-5,10,13,17-18H,6-9,11H2,1-3H3. The van der Waals surface area contributed by atoms with Crippen LogP contribution in [0.25, 0.3) is 0 Å². The van der Waals surface area contributed by atoms with Gasteiger partial charge in [0.1, 0.15) is 0 Å². The average molecular weight is 263 g/mol. The molecule has 0 saturated heterocycles. The highest BCUT2D eigenvalue weighted by atomic mass is 16.5. The summed E-state index contributed by atoms with van der Waals surface area (Å²) >= 11 is 0. The number of hydrogen-bond donors (Lipinski definition) is 2. The third-order valence-corrected chi connectivity index (χ3v) is 3.90. The van der Waals surface area contributed by atoms with Gasteiger partial charge in [-0.05, 0) is 62.4 Å². The molecule has 1 aromatic rings. The first-order chi connectivity index (χ1) is 9.00. The summed E-state index contributed by atoms with van der Waals surface area (Å²) in [6.45, 7) is 5.49. The molecular weight excluding hydrogens is 238 g/mol. The molecule has 2 rings (SSSR count). The smallest absolute Gasteiger partial charge is 0.161 e. The lowest BCUT2D eigenvalue weighted by molar-refractivity contribution is 0.186. The van der Waals surface area contributed by atoms with Crippen molar-refractivity contribution < 1.29 is 9.84 Å². The molecule has 0 bridgehead atoms. The number of phenolic OH excluding ortho intramolecular Hbond substituents is 1. The third kappa shape index (κ3) is 3.87. The van der Waals surface area contributed by atoms with E-state index in [1.807, 2.05) is 19.2 Å². The summed E-state index contributed by atoms with van der Waals surface area (Å²) in [6.07, 6.45) is 4.52. The third-order valence-electron chi connectivity index (χ3n) is 3.90. The molecule has 1 atom stereocenters. The Kier molecular flexibility index (Phi) is 4.35. The van der Waals surface area contributed by atoms with Crippen molar-refractivity contribution in [1.82, 2.24) is 5.32 Å². The molecule has 1 unspecified atom stereocenters. The molecule has 0 amide bonds. The van der Waals surface area contributed by atoms with Crippen LogP contribution < -0.4 is 10.1 Å². The maximum Gasteiger partial charge on any atom is 0.161 e. The van der Waals surface area contributed by atoms with Crippen LogP contribution in [0.4, 0.5) is 0 Å². The van der Waals surface area contributed by atoms with E-state index in [9.17, 15) is 5.11 Å². The number of phenols is 1. The van der Waals surface area contributed by atoms with E-state index in [1.165, 1.54) is 12.0 Å². The van der Waals surface area contributed by atoms with Crippen LogP contribution in [-0.2, 0) is 6.42 Å². The van der Waals surface area contributed by atoms with Gasteiger partial charge in [0, 0.05) is 0 Å². The van der Waals surface area contributed by atoms with Crippen molar-refractivity contribution in [3.05, 3.63) is 23.8 Å². The molecule has 1 fully saturated rings. The molecule has 3 heteroatoms. The van der Waals surface area contributed by atoms with Crippen molar-refractivity contribution in [2.45, 2.75) is 45.6 Å². The van der Waals surface area contributed by atoms with E-state index in [4.69, 9.17) is 4.74 Å². The molecule has 1 aliphatic rings. The SMILES string of the molecule is CNCCc1ccc(O)c(OC2CCC(C)(C)C2)c1. The lowest BCUT2D eigenvalue weighted by atomic mass is 9.92. The molecule has 1 saturated carbocycles. The fourth-order valence-electron chi connectivity index (χ4n) is 2.73. The minimum Gasteiger partial charge on any atom is -0.504 e. The summed E-state index contributed by atoms with van der Waals surface area (Å²) in [5.74, 6) is 0.884. The second-order valence-electron chi connectivity index (χ2n) is 6.30. The van der Waals surface area contributed by atoms with Crippen LogP contribution in [-0.4, -0.2) is 24.8 Å². The van der Waals surface area contributed by atoms with Gasteiger partial charge < -0.3 is 15.2 Å². The Morgan fingerprint density at radius 3 is 2.84 bits per heavy atom. The van der Waals surface area contributed by atoms with Crippen LogP contribution in [0.2, 0.25) is 0 Å². The first-order valence-electron chi connectivity index (χ1n) is 7.13. The minimum atomic E-state index is 0.237. The van der Waals surface area contributed by atoms with Gasteiger partial charge in [-0.1, -0.05) is 19.9 Å². The minimum absolute atomic E-state index is 0.237. The molecule has 1 aliphatic carbocycles. The number of rotatable bonds is 5. The highest BCUT2D eigenvalue weighted by Gasteiger charge is 2.32. The van der Waals surface area contributed by atoms with E-state index in [0.717, 1.165) is 25.8 Å². The first kappa shape index (κ1) is 14.2. The van der Waals surface area contributed by atoms with Gasteiger partial charge in [0.25, 0.3) is 0 Å². The number of benzene rings is 1. The summed E-state index contributed by atoms with van der Waals surface area (Å²) in [4.78, 5) is 0. The number of nitrogens with one attached hydrogen (secondary N) is 1. The Morgan fingerprint density at radius 2 is 2.21 bits per heavy atom. The monoisotopic (exact) mass is 263 g/mol. The molecular formula is C16H25NO2. The van der Waals surface area contributed by atoms with Crippen molar-refractivity contribution in [2.24, 2.45) is 5.41 Å². The fourth-order valence-corrected chi connectivity index (χ4v) is 2.73. The summed E-state index contributed by atoms with van der Waals surface area (Å²) < 4.78 is 5.99. The summed E-state index contributed by atoms with van der Waals surface area (Å²) in [6, 6.07) is 5.66. The highest BCUT2D eigenvalue weighted by Crippen LogP contribution is 2.40. The Bertz CT molecular complexity index is 429. The van der Waals surface area contributed by atoms with Gasteiger partial charge in [-0.2, -0.15) is 0 Å². The lowest BCUT2D eigenvalue weighted by Gasteiger charge is -2.19. The summed E-state index contributed by atoms with van der Waals surface area (Å²) in [5, 5.41) is 13.0. The Balaban J connectivity index is 2.03. The number of likely N-dealkylation sites (N-methyl/N-ethyl adjacent to an activating group) is 1. The second kappa shape index (κ2) is 5.83. The number of aromatic hydroxyl groups is 1. The zero-order chi connectivity index (χ0) is 13.9. The van der Waals surface area contributed by atoms with Crippen LogP contribution >= 0.6 is 0 Å². The normalized spacial score (nSPS) is 21.5. The van der Waals surface area contributed by atoms with Gasteiger partial charge in [0.2, 0.25) is 0 Å². The largest absolute Gasteiger partial charge is 0.504 e. The topological polar surface area (TPSA) is 41.5 Å². The summed E-state index contributed by atoms with van der Waals surface area (Å²) in [7, 11) is 1.94. The number of hydrogen-bond acceptors (Lipinski definition) is 3. The van der Waals surface area contributed by atoms with E-state index in [1.54, 1.807) is 6.07 Å². The molecule has 2 N–H and O–H groups in total. The van der Waals surface area contributed by atoms with Gasteiger partial charge >= 0.3 is 0 Å². The molecule has 0 heterocycles. The molecule has 1 aromatic carbocycles. The predicted octanol–water partition coefficient (Wildman–Crippen LogP) is 3.11. The van der Waals surface area contributed by atoms with Crippen LogP contribution in [0.1, 0.15) is 38.7 Å². The van der Waals surface area contributed by atoms with Gasteiger partial charge in [0.05, 0.1) is 6.10 Å². The van der Waals surface area contributed by atoms with Gasteiger partial charge in [-0.25, -0.2) is 0 Å². The Hall–Kier alpha value is -1.22. The van der Waals surface area contributed by atoms with E-state index in [0.29, 0.717) is 11.2 Å². The molecule has 19 heavy (non-hydrogen) atoms.